The van der Waals surface area contributed by atoms with Crippen LogP contribution in [0.25, 0.3) is 0 Å². The van der Waals surface area contributed by atoms with E-state index >= 15 is 0 Å². The lowest BCUT2D eigenvalue weighted by atomic mass is 10.3. The molecule has 0 aliphatic rings. The van der Waals surface area contributed by atoms with Crippen LogP contribution in [0.5, 0.6) is 0 Å². The van der Waals surface area contributed by atoms with E-state index in [-0.39, 0.29) is 0 Å². The summed E-state index contributed by atoms with van der Waals surface area (Å²) in [4.78, 5) is 12.6. The molecule has 0 amide bonds. The standard InChI is InChI=1S/C11H12N4S/c1-12-10-9(4-2-5-13-10)8-16-11-14-6-3-7-15-11/h2-7H,8H2,1H3,(H,12,13). The highest BCUT2D eigenvalue weighted by Gasteiger charge is 2.03. The highest BCUT2D eigenvalue weighted by atomic mass is 32.2. The first-order valence-electron chi connectivity index (χ1n) is 4.91. The Balaban J connectivity index is 2.05. The Bertz CT molecular complexity index is 447. The van der Waals surface area contributed by atoms with Crippen molar-refractivity contribution >= 4 is 17.6 Å². The maximum Gasteiger partial charge on any atom is 0.187 e. The average molecular weight is 232 g/mol. The zero-order chi connectivity index (χ0) is 11.2. The van der Waals surface area contributed by atoms with E-state index in [0.717, 1.165) is 22.3 Å². The van der Waals surface area contributed by atoms with Crippen LogP contribution in [-0.4, -0.2) is 22.0 Å². The first kappa shape index (κ1) is 10.9. The van der Waals surface area contributed by atoms with Gasteiger partial charge < -0.3 is 5.32 Å². The van der Waals surface area contributed by atoms with Gasteiger partial charge in [-0.05, 0) is 12.1 Å². The molecule has 0 aliphatic carbocycles. The number of nitrogens with zero attached hydrogens (tertiary/aromatic N) is 3. The van der Waals surface area contributed by atoms with E-state index < -0.39 is 0 Å². The van der Waals surface area contributed by atoms with Gasteiger partial charge in [0.2, 0.25) is 0 Å². The lowest BCUT2D eigenvalue weighted by Gasteiger charge is -2.06. The Hall–Kier alpha value is -1.62. The Labute approximate surface area is 98.6 Å². The number of hydrogen-bond donors (Lipinski definition) is 1. The monoisotopic (exact) mass is 232 g/mol. The van der Waals surface area contributed by atoms with Gasteiger partial charge in [-0.1, -0.05) is 17.8 Å². The fraction of sp³-hybridized carbons (Fsp3) is 0.182. The summed E-state index contributed by atoms with van der Waals surface area (Å²) in [5, 5.41) is 3.85. The Morgan fingerprint density at radius 3 is 2.62 bits per heavy atom. The van der Waals surface area contributed by atoms with Crippen molar-refractivity contribution in [2.24, 2.45) is 0 Å². The molecular formula is C11H12N4S. The minimum atomic E-state index is 0.786. The second-order valence-electron chi connectivity index (χ2n) is 3.08. The molecule has 0 atom stereocenters. The van der Waals surface area contributed by atoms with E-state index in [4.69, 9.17) is 0 Å². The summed E-state index contributed by atoms with van der Waals surface area (Å²) >= 11 is 1.60. The summed E-state index contributed by atoms with van der Waals surface area (Å²) in [7, 11) is 1.87. The van der Waals surface area contributed by atoms with E-state index in [1.54, 1.807) is 30.4 Å². The van der Waals surface area contributed by atoms with Gasteiger partial charge in [-0.15, -0.1) is 0 Å². The van der Waals surface area contributed by atoms with Gasteiger partial charge in [0.05, 0.1) is 0 Å². The molecular weight excluding hydrogens is 220 g/mol. The minimum Gasteiger partial charge on any atom is -0.373 e. The molecule has 1 N–H and O–H groups in total. The van der Waals surface area contributed by atoms with Gasteiger partial charge in [-0.25, -0.2) is 15.0 Å². The second kappa shape index (κ2) is 5.46. The van der Waals surface area contributed by atoms with E-state index in [1.165, 1.54) is 0 Å². The molecule has 0 bridgehead atoms. The van der Waals surface area contributed by atoms with Crippen molar-refractivity contribution in [1.82, 2.24) is 15.0 Å². The zero-order valence-corrected chi connectivity index (χ0v) is 9.74. The number of thioether (sulfide) groups is 1. The lowest BCUT2D eigenvalue weighted by Crippen LogP contribution is -1.97. The summed E-state index contributed by atoms with van der Waals surface area (Å²) in [6.07, 6.45) is 5.27. The predicted octanol–water partition coefficient (Wildman–Crippen LogP) is 2.21. The fourth-order valence-corrected chi connectivity index (χ4v) is 2.07. The molecule has 2 rings (SSSR count). The van der Waals surface area contributed by atoms with Crippen LogP contribution in [0.15, 0.2) is 41.9 Å². The minimum absolute atomic E-state index is 0.786. The van der Waals surface area contributed by atoms with Gasteiger partial charge in [0.1, 0.15) is 5.82 Å². The smallest absolute Gasteiger partial charge is 0.187 e. The largest absolute Gasteiger partial charge is 0.373 e. The van der Waals surface area contributed by atoms with Crippen molar-refractivity contribution in [3.63, 3.8) is 0 Å². The summed E-state index contributed by atoms with van der Waals surface area (Å²) in [6.45, 7) is 0. The van der Waals surface area contributed by atoms with Crippen molar-refractivity contribution in [2.75, 3.05) is 12.4 Å². The molecule has 16 heavy (non-hydrogen) atoms. The Morgan fingerprint density at radius 2 is 1.88 bits per heavy atom. The second-order valence-corrected chi connectivity index (χ2v) is 4.02. The third kappa shape index (κ3) is 2.70. The van der Waals surface area contributed by atoms with Gasteiger partial charge >= 0.3 is 0 Å². The number of hydrogen-bond acceptors (Lipinski definition) is 5. The molecule has 0 aromatic carbocycles. The van der Waals surface area contributed by atoms with Crippen LogP contribution in [0.1, 0.15) is 5.56 Å². The number of anilines is 1. The SMILES string of the molecule is CNc1ncccc1CSc1ncccn1. The average Bonchev–Trinajstić information content (AvgIpc) is 2.38. The molecule has 0 saturated heterocycles. The number of pyridine rings is 1. The van der Waals surface area contributed by atoms with Crippen LogP contribution < -0.4 is 5.32 Å². The number of rotatable bonds is 4. The predicted molar refractivity (Wildman–Crippen MR) is 65.4 cm³/mol. The third-order valence-electron chi connectivity index (χ3n) is 2.03. The topological polar surface area (TPSA) is 50.7 Å². The molecule has 5 heteroatoms. The van der Waals surface area contributed by atoms with E-state index in [0.29, 0.717) is 0 Å². The maximum absolute atomic E-state index is 4.24. The van der Waals surface area contributed by atoms with Gasteiger partial charge in [-0.2, -0.15) is 0 Å². The Morgan fingerprint density at radius 1 is 1.12 bits per heavy atom. The molecule has 2 aromatic rings. The van der Waals surface area contributed by atoms with Crippen LogP contribution in [0.3, 0.4) is 0 Å². The molecule has 0 aliphatic heterocycles. The van der Waals surface area contributed by atoms with E-state index in [2.05, 4.69) is 26.3 Å². The molecule has 82 valence electrons. The molecule has 0 radical (unpaired) electrons. The summed E-state index contributed by atoms with van der Waals surface area (Å²) in [5.74, 6) is 1.72. The highest BCUT2D eigenvalue weighted by molar-refractivity contribution is 7.98. The van der Waals surface area contributed by atoms with Crippen molar-refractivity contribution < 1.29 is 0 Å². The number of aromatic nitrogens is 3. The maximum atomic E-state index is 4.24. The first-order chi connectivity index (χ1) is 7.90. The molecule has 2 heterocycles. The van der Waals surface area contributed by atoms with Crippen molar-refractivity contribution in [3.05, 3.63) is 42.4 Å². The molecule has 0 spiro atoms. The molecule has 2 aromatic heterocycles. The third-order valence-corrected chi connectivity index (χ3v) is 2.95. The molecule has 0 fully saturated rings. The van der Waals surface area contributed by atoms with Crippen LogP contribution >= 0.6 is 11.8 Å². The number of nitrogens with one attached hydrogen (secondary N) is 1. The Kier molecular flexibility index (Phi) is 3.71. The van der Waals surface area contributed by atoms with Crippen LogP contribution in [0.4, 0.5) is 5.82 Å². The van der Waals surface area contributed by atoms with E-state index in [9.17, 15) is 0 Å². The zero-order valence-electron chi connectivity index (χ0n) is 8.92. The summed E-state index contributed by atoms with van der Waals surface area (Å²) in [6, 6.07) is 5.80. The summed E-state index contributed by atoms with van der Waals surface area (Å²) in [5.41, 5.74) is 1.16. The van der Waals surface area contributed by atoms with Crippen molar-refractivity contribution in [2.45, 2.75) is 10.9 Å². The normalized spacial score (nSPS) is 10.1. The fourth-order valence-electron chi connectivity index (χ4n) is 1.28. The van der Waals surface area contributed by atoms with Crippen molar-refractivity contribution in [3.8, 4) is 0 Å². The molecule has 0 unspecified atom stereocenters. The highest BCUT2D eigenvalue weighted by Crippen LogP contribution is 2.22. The van der Waals surface area contributed by atoms with Gasteiger partial charge in [0, 0.05) is 37.0 Å². The van der Waals surface area contributed by atoms with E-state index in [1.807, 2.05) is 19.2 Å². The van der Waals surface area contributed by atoms with Gasteiger partial charge in [0.25, 0.3) is 0 Å². The summed E-state index contributed by atoms with van der Waals surface area (Å²) < 4.78 is 0. The van der Waals surface area contributed by atoms with Crippen LogP contribution in [-0.2, 0) is 5.75 Å². The van der Waals surface area contributed by atoms with Gasteiger partial charge in [-0.3, -0.25) is 0 Å². The molecule has 4 nitrogen and oxygen atoms in total. The van der Waals surface area contributed by atoms with Crippen molar-refractivity contribution in [1.29, 1.82) is 0 Å². The molecule has 0 saturated carbocycles. The van der Waals surface area contributed by atoms with Crippen LogP contribution in [0, 0.1) is 0 Å². The van der Waals surface area contributed by atoms with Crippen LogP contribution in [0.2, 0.25) is 0 Å². The first-order valence-corrected chi connectivity index (χ1v) is 5.90. The van der Waals surface area contributed by atoms with Gasteiger partial charge in [0.15, 0.2) is 5.16 Å². The lowest BCUT2D eigenvalue weighted by molar-refractivity contribution is 0.966. The quantitative estimate of drug-likeness (QED) is 0.647.